The van der Waals surface area contributed by atoms with E-state index >= 15 is 0 Å². The summed E-state index contributed by atoms with van der Waals surface area (Å²) < 4.78 is 42.3. The minimum atomic E-state index is -4.19. The molecule has 3 rings (SSSR count). The molecule has 1 atom stereocenters. The van der Waals surface area contributed by atoms with Crippen LogP contribution in [0, 0.1) is 12.7 Å². The van der Waals surface area contributed by atoms with E-state index in [1.807, 2.05) is 13.8 Å². The van der Waals surface area contributed by atoms with Crippen LogP contribution >= 0.6 is 11.6 Å². The van der Waals surface area contributed by atoms with E-state index in [4.69, 9.17) is 11.6 Å². The Morgan fingerprint density at radius 3 is 2.27 bits per heavy atom. The number of hydrogen-bond donors (Lipinski definition) is 1. The SMILES string of the molecule is CCCCNC(=O)C(CC)N(Cc1ccc(F)cc1)C(=O)CN(c1cccc(Cl)c1)S(=O)(=O)c1ccc(C)cc1. The lowest BCUT2D eigenvalue weighted by atomic mass is 10.1. The number of carbonyl (C=O) groups excluding carboxylic acids is 2. The molecule has 0 aliphatic heterocycles. The van der Waals surface area contributed by atoms with Crippen LogP contribution in [-0.2, 0) is 26.2 Å². The average Bonchev–Trinajstić information content (AvgIpc) is 2.93. The fourth-order valence-corrected chi connectivity index (χ4v) is 5.80. The van der Waals surface area contributed by atoms with Gasteiger partial charge >= 0.3 is 0 Å². The van der Waals surface area contributed by atoms with Gasteiger partial charge < -0.3 is 10.2 Å². The smallest absolute Gasteiger partial charge is 0.264 e. The number of unbranched alkanes of at least 4 members (excludes halogenated alkanes) is 1. The van der Waals surface area contributed by atoms with Gasteiger partial charge in [0.25, 0.3) is 10.0 Å². The Morgan fingerprint density at radius 2 is 1.68 bits per heavy atom. The maximum Gasteiger partial charge on any atom is 0.264 e. The molecule has 7 nitrogen and oxygen atoms in total. The first-order valence-electron chi connectivity index (χ1n) is 13.2. The first-order valence-corrected chi connectivity index (χ1v) is 15.0. The average molecular weight is 588 g/mol. The van der Waals surface area contributed by atoms with Crippen LogP contribution in [-0.4, -0.2) is 44.3 Å². The number of anilines is 1. The summed E-state index contributed by atoms with van der Waals surface area (Å²) in [4.78, 5) is 28.5. The highest BCUT2D eigenvalue weighted by Crippen LogP contribution is 2.27. The third kappa shape index (κ3) is 8.05. The second-order valence-electron chi connectivity index (χ2n) is 9.52. The van der Waals surface area contributed by atoms with E-state index in [0.29, 0.717) is 23.6 Å². The standard InChI is InChI=1S/C30H35ClFN3O4S/c1-4-6-18-33-30(37)28(5-2)34(20-23-12-14-25(32)15-13-23)29(36)21-35(26-9-7-8-24(31)19-26)40(38,39)27-16-10-22(3)11-17-27/h7-17,19,28H,4-6,18,20-21H2,1-3H3,(H,33,37). The quantitative estimate of drug-likeness (QED) is 0.260. The summed E-state index contributed by atoms with van der Waals surface area (Å²) in [6.45, 7) is 5.52. The molecule has 0 saturated carbocycles. The second kappa shape index (κ2) is 14.3. The Morgan fingerprint density at radius 1 is 1.00 bits per heavy atom. The molecule has 0 spiro atoms. The molecule has 0 radical (unpaired) electrons. The van der Waals surface area contributed by atoms with Crippen LogP contribution in [0.5, 0.6) is 0 Å². The summed E-state index contributed by atoms with van der Waals surface area (Å²) in [6.07, 6.45) is 1.97. The normalized spacial score (nSPS) is 12.0. The molecule has 40 heavy (non-hydrogen) atoms. The van der Waals surface area contributed by atoms with Crippen LogP contribution in [0.15, 0.2) is 77.7 Å². The van der Waals surface area contributed by atoms with Gasteiger partial charge in [-0.1, -0.05) is 67.8 Å². The van der Waals surface area contributed by atoms with Gasteiger partial charge in [-0.15, -0.1) is 0 Å². The molecule has 0 aliphatic rings. The van der Waals surface area contributed by atoms with E-state index in [9.17, 15) is 22.4 Å². The molecule has 3 aromatic rings. The number of amides is 2. The number of nitrogens with one attached hydrogen (secondary N) is 1. The van der Waals surface area contributed by atoms with Gasteiger partial charge in [0.05, 0.1) is 10.6 Å². The molecule has 0 aliphatic carbocycles. The summed E-state index contributed by atoms with van der Waals surface area (Å²) in [5.41, 5.74) is 1.70. The van der Waals surface area contributed by atoms with Gasteiger partial charge in [-0.3, -0.25) is 13.9 Å². The van der Waals surface area contributed by atoms with Crippen molar-refractivity contribution in [2.45, 2.75) is 57.5 Å². The molecule has 0 fully saturated rings. The van der Waals surface area contributed by atoms with E-state index in [1.165, 1.54) is 47.4 Å². The molecule has 0 saturated heterocycles. The van der Waals surface area contributed by atoms with E-state index in [1.54, 1.807) is 37.3 Å². The van der Waals surface area contributed by atoms with E-state index in [0.717, 1.165) is 22.7 Å². The predicted molar refractivity (Wildman–Crippen MR) is 156 cm³/mol. The van der Waals surface area contributed by atoms with Crippen LogP contribution in [0.2, 0.25) is 5.02 Å². The Hall–Kier alpha value is -3.43. The fraction of sp³-hybridized carbons (Fsp3) is 0.333. The van der Waals surface area contributed by atoms with E-state index < -0.39 is 34.3 Å². The van der Waals surface area contributed by atoms with Crippen molar-refractivity contribution in [3.05, 3.63) is 94.8 Å². The van der Waals surface area contributed by atoms with Crippen LogP contribution < -0.4 is 9.62 Å². The molecule has 1 N–H and O–H groups in total. The van der Waals surface area contributed by atoms with Crippen molar-refractivity contribution in [1.82, 2.24) is 10.2 Å². The molecule has 3 aromatic carbocycles. The maximum atomic E-state index is 14.0. The highest BCUT2D eigenvalue weighted by atomic mass is 35.5. The highest BCUT2D eigenvalue weighted by Gasteiger charge is 2.33. The lowest BCUT2D eigenvalue weighted by Gasteiger charge is -2.33. The molecular formula is C30H35ClFN3O4S. The van der Waals surface area contributed by atoms with Crippen LogP contribution in [0.1, 0.15) is 44.2 Å². The molecule has 1 unspecified atom stereocenters. The summed E-state index contributed by atoms with van der Waals surface area (Å²) in [5.74, 6) is -1.35. The van der Waals surface area contributed by atoms with Crippen molar-refractivity contribution < 1.29 is 22.4 Å². The van der Waals surface area contributed by atoms with Gasteiger partial charge in [0.2, 0.25) is 11.8 Å². The number of hydrogen-bond acceptors (Lipinski definition) is 4. The molecule has 214 valence electrons. The zero-order valence-corrected chi connectivity index (χ0v) is 24.5. The lowest BCUT2D eigenvalue weighted by Crippen LogP contribution is -2.52. The first kappa shape index (κ1) is 31.1. The third-order valence-electron chi connectivity index (χ3n) is 6.47. The van der Waals surface area contributed by atoms with Gasteiger partial charge in [0, 0.05) is 18.1 Å². The fourth-order valence-electron chi connectivity index (χ4n) is 4.21. The summed E-state index contributed by atoms with van der Waals surface area (Å²) >= 11 is 6.20. The number of benzene rings is 3. The predicted octanol–water partition coefficient (Wildman–Crippen LogP) is 5.71. The van der Waals surface area contributed by atoms with Crippen LogP contribution in [0.3, 0.4) is 0 Å². The Bertz CT molecular complexity index is 1400. The monoisotopic (exact) mass is 587 g/mol. The highest BCUT2D eigenvalue weighted by molar-refractivity contribution is 7.92. The number of halogens is 2. The minimum Gasteiger partial charge on any atom is -0.354 e. The Labute approximate surface area is 241 Å². The summed E-state index contributed by atoms with van der Waals surface area (Å²) in [7, 11) is -4.19. The Kier molecular flexibility index (Phi) is 11.1. The zero-order valence-electron chi connectivity index (χ0n) is 22.9. The minimum absolute atomic E-state index is 0.00716. The summed E-state index contributed by atoms with van der Waals surface area (Å²) in [5, 5.41) is 3.18. The van der Waals surface area contributed by atoms with Crippen LogP contribution in [0.25, 0.3) is 0 Å². The zero-order chi connectivity index (χ0) is 29.3. The van der Waals surface area contributed by atoms with E-state index in [-0.39, 0.29) is 23.0 Å². The molecular weight excluding hydrogens is 553 g/mol. The number of nitrogens with zero attached hydrogens (tertiary/aromatic N) is 2. The van der Waals surface area contributed by atoms with Gasteiger partial charge in [-0.05, 0) is 67.8 Å². The largest absolute Gasteiger partial charge is 0.354 e. The second-order valence-corrected chi connectivity index (χ2v) is 11.8. The number of carbonyl (C=O) groups is 2. The first-order chi connectivity index (χ1) is 19.1. The van der Waals surface area contributed by atoms with Gasteiger partial charge in [-0.2, -0.15) is 0 Å². The number of aryl methyl sites for hydroxylation is 1. The summed E-state index contributed by atoms with van der Waals surface area (Å²) in [6, 6.07) is 17.3. The molecule has 10 heteroatoms. The van der Waals surface area contributed by atoms with Crippen molar-refractivity contribution in [2.75, 3.05) is 17.4 Å². The molecule has 0 bridgehead atoms. The number of sulfonamides is 1. The maximum absolute atomic E-state index is 14.0. The van der Waals surface area contributed by atoms with Crippen molar-refractivity contribution >= 4 is 39.1 Å². The molecule has 0 heterocycles. The lowest BCUT2D eigenvalue weighted by molar-refractivity contribution is -0.140. The van der Waals surface area contributed by atoms with Gasteiger partial charge in [-0.25, -0.2) is 12.8 Å². The van der Waals surface area contributed by atoms with Crippen LogP contribution in [0.4, 0.5) is 10.1 Å². The molecule has 2 amide bonds. The van der Waals surface area contributed by atoms with E-state index in [2.05, 4.69) is 5.32 Å². The Balaban J connectivity index is 2.03. The van der Waals surface area contributed by atoms with Crippen molar-refractivity contribution in [1.29, 1.82) is 0 Å². The topological polar surface area (TPSA) is 86.8 Å². The number of rotatable bonds is 13. The van der Waals surface area contributed by atoms with Gasteiger partial charge in [0.1, 0.15) is 18.4 Å². The third-order valence-corrected chi connectivity index (χ3v) is 8.49. The molecule has 0 aromatic heterocycles. The van der Waals surface area contributed by atoms with Crippen molar-refractivity contribution in [3.63, 3.8) is 0 Å². The van der Waals surface area contributed by atoms with Crippen molar-refractivity contribution in [2.24, 2.45) is 0 Å². The van der Waals surface area contributed by atoms with Crippen molar-refractivity contribution in [3.8, 4) is 0 Å². The van der Waals surface area contributed by atoms with Gasteiger partial charge in [0.15, 0.2) is 0 Å².